The summed E-state index contributed by atoms with van der Waals surface area (Å²) in [6.07, 6.45) is 0.398. The van der Waals surface area contributed by atoms with E-state index in [1.54, 1.807) is 18.1 Å². The van der Waals surface area contributed by atoms with Crippen molar-refractivity contribution in [3.05, 3.63) is 34.9 Å². The Labute approximate surface area is 145 Å². The maximum Gasteiger partial charge on any atom is 0.322 e. The quantitative estimate of drug-likeness (QED) is 0.690. The predicted molar refractivity (Wildman–Crippen MR) is 88.4 cm³/mol. The van der Waals surface area contributed by atoms with Gasteiger partial charge in [0.15, 0.2) is 0 Å². The van der Waals surface area contributed by atoms with E-state index in [4.69, 9.17) is 16.3 Å². The van der Waals surface area contributed by atoms with Crippen molar-refractivity contribution >= 4 is 29.4 Å². The Bertz CT molecular complexity index is 623. The molecule has 4 amide bonds. The number of hydrogen-bond donors (Lipinski definition) is 2. The summed E-state index contributed by atoms with van der Waals surface area (Å²) in [4.78, 5) is 36.7. The molecule has 1 aromatic rings. The number of hydrogen-bond acceptors (Lipinski definition) is 4. The molecular weight excluding hydrogens is 334 g/mol. The SMILES string of the molecule is COCCN(Cc1ccccc1Cl)C(=O)CC[C@@H]1NC(=O)NC1=O. The maximum atomic E-state index is 12.5. The first-order valence-corrected chi connectivity index (χ1v) is 8.00. The van der Waals surface area contributed by atoms with E-state index in [1.165, 1.54) is 0 Å². The number of carbonyl (C=O) groups is 3. The summed E-state index contributed by atoms with van der Waals surface area (Å²) >= 11 is 6.15. The summed E-state index contributed by atoms with van der Waals surface area (Å²) in [7, 11) is 1.57. The number of rotatable bonds is 8. The van der Waals surface area contributed by atoms with E-state index in [2.05, 4.69) is 10.6 Å². The number of imide groups is 1. The van der Waals surface area contributed by atoms with Crippen LogP contribution in [0, 0.1) is 0 Å². The van der Waals surface area contributed by atoms with Crippen LogP contribution in [0.25, 0.3) is 0 Å². The van der Waals surface area contributed by atoms with E-state index in [-0.39, 0.29) is 18.7 Å². The molecule has 0 aliphatic carbocycles. The lowest BCUT2D eigenvalue weighted by atomic mass is 10.1. The highest BCUT2D eigenvalue weighted by molar-refractivity contribution is 6.31. The lowest BCUT2D eigenvalue weighted by Gasteiger charge is -2.23. The number of amides is 4. The van der Waals surface area contributed by atoms with Crippen molar-refractivity contribution in [2.45, 2.75) is 25.4 Å². The molecule has 2 rings (SSSR count). The summed E-state index contributed by atoms with van der Waals surface area (Å²) < 4.78 is 5.05. The topological polar surface area (TPSA) is 87.7 Å². The highest BCUT2D eigenvalue weighted by Gasteiger charge is 2.30. The van der Waals surface area contributed by atoms with Crippen molar-refractivity contribution in [1.29, 1.82) is 0 Å². The fourth-order valence-electron chi connectivity index (χ4n) is 2.41. The highest BCUT2D eigenvalue weighted by atomic mass is 35.5. The molecule has 1 heterocycles. The summed E-state index contributed by atoms with van der Waals surface area (Å²) in [5.74, 6) is -0.525. The van der Waals surface area contributed by atoms with Gasteiger partial charge in [0.1, 0.15) is 6.04 Å². The standard InChI is InChI=1S/C16H20ClN3O4/c1-24-9-8-20(10-11-4-2-3-5-12(11)17)14(21)7-6-13-15(22)19-16(23)18-13/h2-5,13H,6-10H2,1H3,(H2,18,19,22,23)/t13-/m0/s1. The van der Waals surface area contributed by atoms with Crippen molar-refractivity contribution in [2.75, 3.05) is 20.3 Å². The zero-order valence-corrected chi connectivity index (χ0v) is 14.1. The smallest absolute Gasteiger partial charge is 0.322 e. The molecule has 1 saturated heterocycles. The van der Waals surface area contributed by atoms with Gasteiger partial charge in [-0.05, 0) is 18.1 Å². The minimum atomic E-state index is -0.661. The number of nitrogens with one attached hydrogen (secondary N) is 2. The van der Waals surface area contributed by atoms with Crippen LogP contribution in [0.2, 0.25) is 5.02 Å². The van der Waals surface area contributed by atoms with Crippen molar-refractivity contribution in [3.63, 3.8) is 0 Å². The molecule has 1 aliphatic heterocycles. The van der Waals surface area contributed by atoms with E-state index in [9.17, 15) is 14.4 Å². The molecular formula is C16H20ClN3O4. The third-order valence-corrected chi connectivity index (χ3v) is 4.11. The minimum absolute atomic E-state index is 0.124. The number of urea groups is 1. The summed E-state index contributed by atoms with van der Waals surface area (Å²) in [5, 5.41) is 5.23. The van der Waals surface area contributed by atoms with Gasteiger partial charge >= 0.3 is 6.03 Å². The predicted octanol–water partition coefficient (Wildman–Crippen LogP) is 1.30. The van der Waals surface area contributed by atoms with E-state index >= 15 is 0 Å². The second-order valence-corrected chi connectivity index (χ2v) is 5.86. The molecule has 1 aromatic carbocycles. The number of methoxy groups -OCH3 is 1. The van der Waals surface area contributed by atoms with Gasteiger partial charge in [0.05, 0.1) is 6.61 Å². The second kappa shape index (κ2) is 8.65. The van der Waals surface area contributed by atoms with E-state index in [1.807, 2.05) is 18.2 Å². The van der Waals surface area contributed by atoms with E-state index in [0.29, 0.717) is 24.7 Å². The van der Waals surface area contributed by atoms with Crippen LogP contribution in [-0.2, 0) is 20.9 Å². The zero-order valence-electron chi connectivity index (χ0n) is 13.4. The molecule has 0 bridgehead atoms. The molecule has 0 radical (unpaired) electrons. The van der Waals surface area contributed by atoms with Crippen LogP contribution in [0.15, 0.2) is 24.3 Å². The molecule has 2 N–H and O–H groups in total. The molecule has 1 aliphatic rings. The molecule has 0 spiro atoms. The van der Waals surface area contributed by atoms with Gasteiger partial charge < -0.3 is 15.0 Å². The van der Waals surface area contributed by atoms with Crippen molar-refractivity contribution < 1.29 is 19.1 Å². The Kier molecular flexibility index (Phi) is 6.57. The Hall–Kier alpha value is -2.12. The van der Waals surface area contributed by atoms with Gasteiger partial charge in [-0.25, -0.2) is 4.79 Å². The van der Waals surface area contributed by atoms with Crippen LogP contribution in [0.5, 0.6) is 0 Å². The molecule has 7 nitrogen and oxygen atoms in total. The van der Waals surface area contributed by atoms with Gasteiger partial charge in [-0.2, -0.15) is 0 Å². The van der Waals surface area contributed by atoms with Crippen LogP contribution in [0.3, 0.4) is 0 Å². The summed E-state index contributed by atoms with van der Waals surface area (Å²) in [6, 6.07) is 6.14. The molecule has 0 aromatic heterocycles. The molecule has 1 atom stereocenters. The second-order valence-electron chi connectivity index (χ2n) is 5.45. The first kappa shape index (κ1) is 18.2. The van der Waals surface area contributed by atoms with Gasteiger partial charge in [0.25, 0.3) is 5.91 Å². The molecule has 1 fully saturated rings. The average Bonchev–Trinajstić information content (AvgIpc) is 2.88. The molecule has 0 unspecified atom stereocenters. The number of carbonyl (C=O) groups excluding carboxylic acids is 3. The van der Waals surface area contributed by atoms with Crippen LogP contribution in [0.4, 0.5) is 4.79 Å². The summed E-state index contributed by atoms with van der Waals surface area (Å²) in [6.45, 7) is 1.19. The molecule has 0 saturated carbocycles. The van der Waals surface area contributed by atoms with Crippen LogP contribution in [-0.4, -0.2) is 49.0 Å². The fraction of sp³-hybridized carbons (Fsp3) is 0.438. The van der Waals surface area contributed by atoms with Crippen molar-refractivity contribution in [3.8, 4) is 0 Å². The third-order valence-electron chi connectivity index (χ3n) is 3.74. The highest BCUT2D eigenvalue weighted by Crippen LogP contribution is 2.18. The van der Waals surface area contributed by atoms with E-state index in [0.717, 1.165) is 5.56 Å². The van der Waals surface area contributed by atoms with Crippen molar-refractivity contribution in [1.82, 2.24) is 15.5 Å². The van der Waals surface area contributed by atoms with Gasteiger partial charge in [-0.1, -0.05) is 29.8 Å². The lowest BCUT2D eigenvalue weighted by Crippen LogP contribution is -2.36. The van der Waals surface area contributed by atoms with Crippen molar-refractivity contribution in [2.24, 2.45) is 0 Å². The third kappa shape index (κ3) is 4.94. The zero-order chi connectivity index (χ0) is 17.5. The monoisotopic (exact) mass is 353 g/mol. The molecule has 8 heteroatoms. The summed E-state index contributed by atoms with van der Waals surface area (Å²) in [5.41, 5.74) is 0.843. The van der Waals surface area contributed by atoms with Crippen LogP contribution >= 0.6 is 11.6 Å². The van der Waals surface area contributed by atoms with Gasteiger partial charge in [0.2, 0.25) is 5.91 Å². The molecule has 130 valence electrons. The Morgan fingerprint density at radius 3 is 2.71 bits per heavy atom. The Balaban J connectivity index is 1.96. The number of nitrogens with zero attached hydrogens (tertiary/aromatic N) is 1. The first-order chi connectivity index (χ1) is 11.5. The Morgan fingerprint density at radius 2 is 2.08 bits per heavy atom. The minimum Gasteiger partial charge on any atom is -0.383 e. The van der Waals surface area contributed by atoms with E-state index < -0.39 is 18.0 Å². The lowest BCUT2D eigenvalue weighted by molar-refractivity contribution is -0.132. The molecule has 24 heavy (non-hydrogen) atoms. The normalized spacial score (nSPS) is 16.7. The number of ether oxygens (including phenoxy) is 1. The number of benzene rings is 1. The van der Waals surface area contributed by atoms with Gasteiger partial charge in [0, 0.05) is 31.6 Å². The van der Waals surface area contributed by atoms with Crippen LogP contribution in [0.1, 0.15) is 18.4 Å². The van der Waals surface area contributed by atoms with Gasteiger partial charge in [-0.15, -0.1) is 0 Å². The van der Waals surface area contributed by atoms with Crippen LogP contribution < -0.4 is 10.6 Å². The number of halogens is 1. The first-order valence-electron chi connectivity index (χ1n) is 7.62. The maximum absolute atomic E-state index is 12.5. The Morgan fingerprint density at radius 1 is 1.33 bits per heavy atom. The van der Waals surface area contributed by atoms with Gasteiger partial charge in [-0.3, -0.25) is 14.9 Å². The average molecular weight is 354 g/mol. The fourth-order valence-corrected chi connectivity index (χ4v) is 2.61. The largest absolute Gasteiger partial charge is 0.383 e.